The van der Waals surface area contributed by atoms with E-state index < -0.39 is 18.2 Å². The van der Waals surface area contributed by atoms with Crippen molar-refractivity contribution in [2.75, 3.05) is 6.61 Å². The van der Waals surface area contributed by atoms with Gasteiger partial charge in [-0.15, -0.1) is 0 Å². The van der Waals surface area contributed by atoms with Crippen LogP contribution in [0.25, 0.3) is 0 Å². The SMILES string of the molecule is CC/C=C/C=C/C=C/C=C\CCCCCC(CC(=O)NC(CO)C(O)CCCCCCCCCCCCC)OC(=O)CCCCCCC/C=C/CCCCCCCCCCC. The maximum atomic E-state index is 13.2. The molecule has 6 heteroatoms. The van der Waals surface area contributed by atoms with E-state index in [-0.39, 0.29) is 24.9 Å². The normalized spacial score (nSPS) is 13.7. The van der Waals surface area contributed by atoms with Gasteiger partial charge in [0.15, 0.2) is 0 Å². The summed E-state index contributed by atoms with van der Waals surface area (Å²) >= 11 is 0. The number of esters is 1. The molecule has 0 fully saturated rings. The highest BCUT2D eigenvalue weighted by Gasteiger charge is 2.24. The van der Waals surface area contributed by atoms with E-state index in [0.29, 0.717) is 19.3 Å². The molecule has 0 aliphatic heterocycles. The largest absolute Gasteiger partial charge is 0.462 e. The maximum Gasteiger partial charge on any atom is 0.306 e. The van der Waals surface area contributed by atoms with Crippen molar-refractivity contribution in [1.29, 1.82) is 0 Å². The van der Waals surface area contributed by atoms with Gasteiger partial charge in [-0.3, -0.25) is 9.59 Å². The van der Waals surface area contributed by atoms with Crippen LogP contribution in [0.1, 0.15) is 252 Å². The van der Waals surface area contributed by atoms with Crippen LogP contribution in [0.5, 0.6) is 0 Å². The molecule has 1 amide bonds. The fourth-order valence-corrected chi connectivity index (χ4v) is 7.73. The van der Waals surface area contributed by atoms with E-state index in [4.69, 9.17) is 4.74 Å². The van der Waals surface area contributed by atoms with Gasteiger partial charge >= 0.3 is 5.97 Å². The molecule has 0 spiro atoms. The first-order valence-electron chi connectivity index (χ1n) is 26.1. The summed E-state index contributed by atoms with van der Waals surface area (Å²) in [5.74, 6) is -0.521. The molecule has 0 heterocycles. The number of nitrogens with one attached hydrogen (secondary N) is 1. The molecule has 61 heavy (non-hydrogen) atoms. The Morgan fingerprint density at radius 1 is 0.492 bits per heavy atom. The molecule has 354 valence electrons. The first kappa shape index (κ1) is 58.6. The lowest BCUT2D eigenvalue weighted by Crippen LogP contribution is -2.46. The van der Waals surface area contributed by atoms with Gasteiger partial charge in [-0.2, -0.15) is 0 Å². The van der Waals surface area contributed by atoms with Gasteiger partial charge in [0, 0.05) is 6.42 Å². The molecule has 6 nitrogen and oxygen atoms in total. The molecule has 0 radical (unpaired) electrons. The molecule has 0 aliphatic rings. The number of unbranched alkanes of at least 4 members (excludes halogenated alkanes) is 27. The maximum absolute atomic E-state index is 13.2. The van der Waals surface area contributed by atoms with Gasteiger partial charge in [-0.05, 0) is 70.6 Å². The van der Waals surface area contributed by atoms with E-state index in [1.165, 1.54) is 128 Å². The number of aliphatic hydroxyl groups excluding tert-OH is 2. The zero-order chi connectivity index (χ0) is 44.5. The Bertz CT molecular complexity index is 1090. The highest BCUT2D eigenvalue weighted by atomic mass is 16.5. The second kappa shape index (κ2) is 48.6. The number of ether oxygens (including phenoxy) is 1. The van der Waals surface area contributed by atoms with Crippen LogP contribution < -0.4 is 5.32 Å². The third kappa shape index (κ3) is 44.0. The van der Waals surface area contributed by atoms with E-state index in [1.807, 2.05) is 24.3 Å². The Hall–Kier alpha value is -2.44. The van der Waals surface area contributed by atoms with Crippen LogP contribution in [0.15, 0.2) is 60.8 Å². The predicted octanol–water partition coefficient (Wildman–Crippen LogP) is 15.6. The van der Waals surface area contributed by atoms with Crippen LogP contribution in [-0.2, 0) is 14.3 Å². The summed E-state index contributed by atoms with van der Waals surface area (Å²) in [6.45, 7) is 6.33. The third-order valence-electron chi connectivity index (χ3n) is 11.7. The Balaban J connectivity index is 4.60. The number of aliphatic hydroxyl groups is 2. The van der Waals surface area contributed by atoms with Crippen molar-refractivity contribution in [2.24, 2.45) is 0 Å². The highest BCUT2D eigenvalue weighted by molar-refractivity contribution is 5.77. The number of rotatable bonds is 46. The first-order chi connectivity index (χ1) is 30.0. The molecule has 3 N–H and O–H groups in total. The van der Waals surface area contributed by atoms with E-state index in [0.717, 1.165) is 77.0 Å². The topological polar surface area (TPSA) is 95.9 Å². The van der Waals surface area contributed by atoms with Crippen molar-refractivity contribution in [2.45, 2.75) is 270 Å². The lowest BCUT2D eigenvalue weighted by molar-refractivity contribution is -0.151. The molecule has 0 aromatic carbocycles. The summed E-state index contributed by atoms with van der Waals surface area (Å²) in [6.07, 6.45) is 60.0. The molecular weight excluding hydrogens is 755 g/mol. The molecule has 0 aliphatic carbocycles. The predicted molar refractivity (Wildman–Crippen MR) is 264 cm³/mol. The van der Waals surface area contributed by atoms with Gasteiger partial charge in [0.05, 0.1) is 25.2 Å². The lowest BCUT2D eigenvalue weighted by Gasteiger charge is -2.24. The molecule has 0 aromatic heterocycles. The van der Waals surface area contributed by atoms with Crippen molar-refractivity contribution in [1.82, 2.24) is 5.32 Å². The minimum atomic E-state index is -0.800. The van der Waals surface area contributed by atoms with E-state index >= 15 is 0 Å². The van der Waals surface area contributed by atoms with Crippen molar-refractivity contribution in [3.63, 3.8) is 0 Å². The number of allylic oxidation sites excluding steroid dienone is 10. The molecular formula is C55H99NO5. The molecule has 0 saturated heterocycles. The molecule has 3 atom stereocenters. The Morgan fingerprint density at radius 3 is 1.41 bits per heavy atom. The number of hydrogen-bond acceptors (Lipinski definition) is 5. The van der Waals surface area contributed by atoms with Crippen LogP contribution >= 0.6 is 0 Å². The standard InChI is InChI=1S/C55H99NO5/c1-4-7-10-13-16-19-22-24-25-26-27-28-30-33-36-39-42-45-48-55(60)61-51(46-43-40-37-34-32-29-23-20-17-14-11-8-5-2)49-54(59)56-52(50-57)53(58)47-44-41-38-35-31-21-18-15-12-9-6-3/h8,11,14,17,20,23,27-29,32,51-53,57-58H,4-7,9-10,12-13,15-16,18-19,21-22,24-26,30-31,33-50H2,1-3H3,(H,56,59)/b11-8+,17-14+,23-20+,28-27+,32-29-. The summed E-state index contributed by atoms with van der Waals surface area (Å²) in [6, 6.07) is -0.716. The van der Waals surface area contributed by atoms with Crippen LogP contribution in [0.4, 0.5) is 0 Å². The average Bonchev–Trinajstić information content (AvgIpc) is 3.25. The molecule has 0 bridgehead atoms. The van der Waals surface area contributed by atoms with Crippen LogP contribution in [0.3, 0.4) is 0 Å². The van der Waals surface area contributed by atoms with Gasteiger partial charge in [0.1, 0.15) is 6.10 Å². The zero-order valence-corrected chi connectivity index (χ0v) is 40.3. The zero-order valence-electron chi connectivity index (χ0n) is 40.3. The third-order valence-corrected chi connectivity index (χ3v) is 11.7. The van der Waals surface area contributed by atoms with Crippen LogP contribution in [0, 0.1) is 0 Å². The second-order valence-corrected chi connectivity index (χ2v) is 17.6. The summed E-state index contributed by atoms with van der Waals surface area (Å²) < 4.78 is 5.91. The Labute approximate surface area is 378 Å². The minimum Gasteiger partial charge on any atom is -0.462 e. The van der Waals surface area contributed by atoms with E-state index in [2.05, 4.69) is 62.5 Å². The second-order valence-electron chi connectivity index (χ2n) is 17.6. The van der Waals surface area contributed by atoms with Crippen molar-refractivity contribution >= 4 is 11.9 Å². The number of carbonyl (C=O) groups excluding carboxylic acids is 2. The van der Waals surface area contributed by atoms with Crippen molar-refractivity contribution in [3.05, 3.63) is 60.8 Å². The monoisotopic (exact) mass is 854 g/mol. The van der Waals surface area contributed by atoms with Crippen LogP contribution in [0.2, 0.25) is 0 Å². The van der Waals surface area contributed by atoms with Crippen molar-refractivity contribution in [3.8, 4) is 0 Å². The summed E-state index contributed by atoms with van der Waals surface area (Å²) in [4.78, 5) is 26.1. The highest BCUT2D eigenvalue weighted by Crippen LogP contribution is 2.17. The average molecular weight is 854 g/mol. The van der Waals surface area contributed by atoms with Crippen molar-refractivity contribution < 1.29 is 24.5 Å². The summed E-state index contributed by atoms with van der Waals surface area (Å²) in [5.41, 5.74) is 0. The molecule has 3 unspecified atom stereocenters. The number of amides is 1. The lowest BCUT2D eigenvalue weighted by atomic mass is 10.0. The number of hydrogen-bond donors (Lipinski definition) is 3. The van der Waals surface area contributed by atoms with E-state index in [1.54, 1.807) is 0 Å². The summed E-state index contributed by atoms with van der Waals surface area (Å²) in [7, 11) is 0. The van der Waals surface area contributed by atoms with Gasteiger partial charge < -0.3 is 20.3 Å². The smallest absolute Gasteiger partial charge is 0.306 e. The Kier molecular flexibility index (Phi) is 46.6. The van der Waals surface area contributed by atoms with Gasteiger partial charge in [-0.25, -0.2) is 0 Å². The molecule has 0 rings (SSSR count). The summed E-state index contributed by atoms with van der Waals surface area (Å²) in [5, 5.41) is 23.7. The van der Waals surface area contributed by atoms with E-state index in [9.17, 15) is 19.8 Å². The van der Waals surface area contributed by atoms with Gasteiger partial charge in [0.2, 0.25) is 5.91 Å². The van der Waals surface area contributed by atoms with Crippen LogP contribution in [-0.4, -0.2) is 46.9 Å². The quantitative estimate of drug-likeness (QED) is 0.0245. The molecule has 0 saturated carbocycles. The first-order valence-corrected chi connectivity index (χ1v) is 26.1. The fourth-order valence-electron chi connectivity index (χ4n) is 7.73. The minimum absolute atomic E-state index is 0.0473. The number of carbonyl (C=O) groups is 2. The fraction of sp³-hybridized carbons (Fsp3) is 0.782. The Morgan fingerprint density at radius 2 is 0.902 bits per heavy atom. The molecule has 0 aromatic rings. The van der Waals surface area contributed by atoms with Gasteiger partial charge in [-0.1, -0.05) is 229 Å². The van der Waals surface area contributed by atoms with Gasteiger partial charge in [0.25, 0.3) is 0 Å².